The van der Waals surface area contributed by atoms with Gasteiger partial charge in [0.15, 0.2) is 0 Å². The first kappa shape index (κ1) is 22.6. The van der Waals surface area contributed by atoms with E-state index in [1.165, 1.54) is 11.1 Å². The Labute approximate surface area is 197 Å². The van der Waals surface area contributed by atoms with Gasteiger partial charge < -0.3 is 9.80 Å². The Morgan fingerprint density at radius 1 is 0.909 bits per heavy atom. The van der Waals surface area contributed by atoms with Crippen molar-refractivity contribution in [3.8, 4) is 0 Å². The predicted octanol–water partition coefficient (Wildman–Crippen LogP) is 3.09. The molecular weight excluding hydrogens is 434 g/mol. The summed E-state index contributed by atoms with van der Waals surface area (Å²) in [6, 6.07) is 15.9. The van der Waals surface area contributed by atoms with E-state index in [9.17, 15) is 13.2 Å². The molecule has 2 saturated heterocycles. The van der Waals surface area contributed by atoms with Crippen LogP contribution in [0.25, 0.3) is 0 Å². The number of piperidine rings is 1. The number of hydrogen-bond donors (Lipinski definition) is 0. The maximum atomic E-state index is 13.5. The van der Waals surface area contributed by atoms with Crippen LogP contribution in [0.15, 0.2) is 53.4 Å². The number of likely N-dealkylation sites (N-methyl/N-ethyl adjacent to an activating group) is 1. The molecule has 2 fully saturated rings. The van der Waals surface area contributed by atoms with Crippen LogP contribution in [-0.4, -0.2) is 68.2 Å². The van der Waals surface area contributed by atoms with Gasteiger partial charge >= 0.3 is 0 Å². The molecule has 0 aromatic heterocycles. The summed E-state index contributed by atoms with van der Waals surface area (Å²) in [5.41, 5.74) is 3.61. The van der Waals surface area contributed by atoms with Gasteiger partial charge in [0.05, 0.1) is 10.9 Å². The lowest BCUT2D eigenvalue weighted by Gasteiger charge is -2.43. The number of rotatable bonds is 4. The SMILES string of the molecule is CN1CCN(C(=O)C2CCN(S(=O)(=O)c3ccc4c(c3)CCC4)CC2)[C@@H](c2ccccc2)C1. The quantitative estimate of drug-likeness (QED) is 0.693. The Morgan fingerprint density at radius 2 is 1.64 bits per heavy atom. The fourth-order valence-corrected chi connectivity index (χ4v) is 7.10. The average molecular weight is 468 g/mol. The Morgan fingerprint density at radius 3 is 2.39 bits per heavy atom. The van der Waals surface area contributed by atoms with E-state index in [1.54, 1.807) is 10.4 Å². The minimum Gasteiger partial charge on any atom is -0.333 e. The number of benzene rings is 2. The molecule has 6 nitrogen and oxygen atoms in total. The fraction of sp³-hybridized carbons (Fsp3) is 0.500. The fourth-order valence-electron chi connectivity index (χ4n) is 5.58. The molecule has 0 unspecified atom stereocenters. The van der Waals surface area contributed by atoms with Crippen molar-refractivity contribution in [1.29, 1.82) is 0 Å². The summed E-state index contributed by atoms with van der Waals surface area (Å²) in [6.07, 6.45) is 4.26. The number of amides is 1. The van der Waals surface area contributed by atoms with Gasteiger partial charge in [-0.25, -0.2) is 8.42 Å². The van der Waals surface area contributed by atoms with E-state index >= 15 is 0 Å². The van der Waals surface area contributed by atoms with Crippen molar-refractivity contribution < 1.29 is 13.2 Å². The molecule has 2 heterocycles. The zero-order chi connectivity index (χ0) is 23.0. The van der Waals surface area contributed by atoms with E-state index in [1.807, 2.05) is 35.2 Å². The number of aryl methyl sites for hydroxylation is 2. The van der Waals surface area contributed by atoms with Crippen LogP contribution < -0.4 is 0 Å². The topological polar surface area (TPSA) is 60.9 Å². The summed E-state index contributed by atoms with van der Waals surface area (Å²) in [6.45, 7) is 3.20. The summed E-state index contributed by atoms with van der Waals surface area (Å²) in [7, 11) is -1.42. The van der Waals surface area contributed by atoms with Gasteiger partial charge in [0.2, 0.25) is 15.9 Å². The highest BCUT2D eigenvalue weighted by atomic mass is 32.2. The van der Waals surface area contributed by atoms with Crippen LogP contribution in [0, 0.1) is 5.92 Å². The highest BCUT2D eigenvalue weighted by Gasteiger charge is 2.37. The van der Waals surface area contributed by atoms with E-state index in [0.717, 1.165) is 37.9 Å². The van der Waals surface area contributed by atoms with Crippen LogP contribution in [0.3, 0.4) is 0 Å². The largest absolute Gasteiger partial charge is 0.333 e. The normalized spacial score (nSPS) is 22.9. The van der Waals surface area contributed by atoms with E-state index in [0.29, 0.717) is 37.4 Å². The van der Waals surface area contributed by atoms with Gasteiger partial charge in [0, 0.05) is 38.6 Å². The highest BCUT2D eigenvalue weighted by molar-refractivity contribution is 7.89. The molecule has 0 bridgehead atoms. The molecule has 2 aromatic rings. The van der Waals surface area contributed by atoms with Gasteiger partial charge in [0.1, 0.15) is 0 Å². The molecule has 1 amide bonds. The zero-order valence-corrected chi connectivity index (χ0v) is 20.1. The molecule has 33 heavy (non-hydrogen) atoms. The van der Waals surface area contributed by atoms with Crippen LogP contribution in [0.1, 0.15) is 42.0 Å². The number of carbonyl (C=O) groups excluding carboxylic acids is 1. The number of nitrogens with zero attached hydrogens (tertiary/aromatic N) is 3. The van der Waals surface area contributed by atoms with Gasteiger partial charge in [-0.1, -0.05) is 36.4 Å². The lowest BCUT2D eigenvalue weighted by Crippen LogP contribution is -2.52. The molecule has 5 rings (SSSR count). The van der Waals surface area contributed by atoms with Crippen molar-refractivity contribution in [2.75, 3.05) is 39.8 Å². The van der Waals surface area contributed by atoms with Crippen LogP contribution in [0.4, 0.5) is 0 Å². The van der Waals surface area contributed by atoms with Crippen LogP contribution in [0.5, 0.6) is 0 Å². The molecule has 1 atom stereocenters. The molecule has 0 saturated carbocycles. The minimum absolute atomic E-state index is 0.0469. The van der Waals surface area contributed by atoms with E-state index in [2.05, 4.69) is 24.1 Å². The van der Waals surface area contributed by atoms with Crippen molar-refractivity contribution >= 4 is 15.9 Å². The number of piperazine rings is 1. The Balaban J connectivity index is 1.27. The van der Waals surface area contributed by atoms with Crippen molar-refractivity contribution in [2.45, 2.75) is 43.0 Å². The Kier molecular flexibility index (Phi) is 6.29. The van der Waals surface area contributed by atoms with Crippen molar-refractivity contribution in [3.63, 3.8) is 0 Å². The summed E-state index contributed by atoms with van der Waals surface area (Å²) < 4.78 is 28.1. The van der Waals surface area contributed by atoms with Gasteiger partial charge in [-0.3, -0.25) is 4.79 Å². The van der Waals surface area contributed by atoms with Crippen LogP contribution >= 0.6 is 0 Å². The zero-order valence-electron chi connectivity index (χ0n) is 19.3. The lowest BCUT2D eigenvalue weighted by atomic mass is 9.94. The molecule has 2 aromatic carbocycles. The first-order valence-electron chi connectivity index (χ1n) is 12.1. The van der Waals surface area contributed by atoms with Gasteiger partial charge in [-0.15, -0.1) is 0 Å². The molecular formula is C26H33N3O3S. The second-order valence-electron chi connectivity index (χ2n) is 9.68. The molecule has 2 aliphatic heterocycles. The van der Waals surface area contributed by atoms with Crippen molar-refractivity contribution in [1.82, 2.24) is 14.1 Å². The van der Waals surface area contributed by atoms with E-state index in [-0.39, 0.29) is 17.9 Å². The third-order valence-electron chi connectivity index (χ3n) is 7.56. The summed E-state index contributed by atoms with van der Waals surface area (Å²) in [4.78, 5) is 18.2. The summed E-state index contributed by atoms with van der Waals surface area (Å²) >= 11 is 0. The molecule has 7 heteroatoms. The predicted molar refractivity (Wildman–Crippen MR) is 128 cm³/mol. The van der Waals surface area contributed by atoms with Crippen molar-refractivity contribution in [2.24, 2.45) is 5.92 Å². The summed E-state index contributed by atoms with van der Waals surface area (Å²) in [5.74, 6) is 0.0534. The second kappa shape index (κ2) is 9.20. The van der Waals surface area contributed by atoms with Gasteiger partial charge in [-0.2, -0.15) is 4.31 Å². The third kappa shape index (κ3) is 4.46. The molecule has 0 radical (unpaired) electrons. The monoisotopic (exact) mass is 467 g/mol. The van der Waals surface area contributed by atoms with E-state index in [4.69, 9.17) is 0 Å². The minimum atomic E-state index is -3.52. The maximum absolute atomic E-state index is 13.5. The van der Waals surface area contributed by atoms with Crippen LogP contribution in [0.2, 0.25) is 0 Å². The number of sulfonamides is 1. The maximum Gasteiger partial charge on any atom is 0.243 e. The molecule has 0 N–H and O–H groups in total. The molecule has 0 spiro atoms. The first-order valence-corrected chi connectivity index (χ1v) is 13.5. The van der Waals surface area contributed by atoms with Crippen molar-refractivity contribution in [3.05, 3.63) is 65.2 Å². The standard InChI is InChI=1S/C26H33N3O3S/c1-27-16-17-29(25(19-27)21-6-3-2-4-7-21)26(30)22-12-14-28(15-13-22)33(31,32)24-11-10-20-8-5-9-23(20)18-24/h2-4,6-7,10-11,18,22,25H,5,8-9,12-17,19H2,1H3/t25-/m1/s1. The van der Waals surface area contributed by atoms with Crippen LogP contribution in [-0.2, 0) is 27.7 Å². The third-order valence-corrected chi connectivity index (χ3v) is 9.46. The number of fused-ring (bicyclic) bond motifs is 1. The smallest absolute Gasteiger partial charge is 0.243 e. The molecule has 3 aliphatic rings. The lowest BCUT2D eigenvalue weighted by molar-refractivity contribution is -0.141. The molecule has 176 valence electrons. The summed E-state index contributed by atoms with van der Waals surface area (Å²) in [5, 5.41) is 0. The van der Waals surface area contributed by atoms with E-state index < -0.39 is 10.0 Å². The van der Waals surface area contributed by atoms with Gasteiger partial charge in [0.25, 0.3) is 0 Å². The van der Waals surface area contributed by atoms with Gasteiger partial charge in [-0.05, 0) is 68.0 Å². The highest BCUT2D eigenvalue weighted by Crippen LogP contribution is 2.32. The Bertz CT molecular complexity index is 1110. The average Bonchev–Trinajstić information content (AvgIpc) is 3.32. The Hall–Kier alpha value is -2.22. The first-order chi connectivity index (χ1) is 15.9. The number of hydrogen-bond acceptors (Lipinski definition) is 4. The number of carbonyl (C=O) groups is 1. The molecule has 1 aliphatic carbocycles. The second-order valence-corrected chi connectivity index (χ2v) is 11.6.